The number of carbonyl (C=O) groups excluding carboxylic acids is 1. The van der Waals surface area contributed by atoms with Crippen molar-refractivity contribution in [3.63, 3.8) is 0 Å². The van der Waals surface area contributed by atoms with Gasteiger partial charge in [-0.15, -0.1) is 0 Å². The number of nitrogens with one attached hydrogen (secondary N) is 1. The van der Waals surface area contributed by atoms with Gasteiger partial charge in [-0.3, -0.25) is 4.79 Å². The van der Waals surface area contributed by atoms with Gasteiger partial charge in [-0.2, -0.15) is 0 Å². The van der Waals surface area contributed by atoms with Gasteiger partial charge >= 0.3 is 0 Å². The van der Waals surface area contributed by atoms with Gasteiger partial charge in [0.2, 0.25) is 5.91 Å². The number of hydrogen-bond acceptors (Lipinski definition) is 2. The van der Waals surface area contributed by atoms with Crippen LogP contribution >= 0.6 is 0 Å². The van der Waals surface area contributed by atoms with Crippen LogP contribution < -0.4 is 10.1 Å². The van der Waals surface area contributed by atoms with Gasteiger partial charge in [0.15, 0.2) is 0 Å². The minimum Gasteiger partial charge on any atom is -0.494 e. The van der Waals surface area contributed by atoms with Gasteiger partial charge in [-0.1, -0.05) is 24.3 Å². The molecule has 0 aromatic heterocycles. The molecule has 1 N–H and O–H groups in total. The standard InChI is InChI=1S/C20H23NO2/c1-3-23-20-13-17-10-8-15-4-6-16(7-5-15)9-11-18(20)12-19(17)21-14(2)22/h4-7,12-13H,3,8-11H2,1-2H3,(H,21,22). The molecule has 0 atom stereocenters. The quantitative estimate of drug-likeness (QED) is 0.933. The second kappa shape index (κ2) is 6.86. The Labute approximate surface area is 137 Å². The van der Waals surface area contributed by atoms with Crippen LogP contribution in [0.3, 0.4) is 0 Å². The predicted molar refractivity (Wildman–Crippen MR) is 93.2 cm³/mol. The van der Waals surface area contributed by atoms with Crippen LogP contribution in [0.15, 0.2) is 36.4 Å². The summed E-state index contributed by atoms with van der Waals surface area (Å²) in [5.74, 6) is 0.920. The molecule has 4 bridgehead atoms. The molecule has 0 fully saturated rings. The van der Waals surface area contributed by atoms with Crippen LogP contribution in [0, 0.1) is 0 Å². The van der Waals surface area contributed by atoms with Gasteiger partial charge in [0.1, 0.15) is 5.75 Å². The summed E-state index contributed by atoms with van der Waals surface area (Å²) in [4.78, 5) is 11.5. The molecule has 1 amide bonds. The number of carbonyl (C=O) groups is 1. The maximum absolute atomic E-state index is 11.5. The molecule has 4 aliphatic rings. The lowest BCUT2D eigenvalue weighted by Crippen LogP contribution is -2.11. The highest BCUT2D eigenvalue weighted by molar-refractivity contribution is 5.90. The lowest BCUT2D eigenvalue weighted by atomic mass is 9.94. The molecule has 23 heavy (non-hydrogen) atoms. The van der Waals surface area contributed by atoms with Gasteiger partial charge < -0.3 is 10.1 Å². The van der Waals surface area contributed by atoms with Crippen LogP contribution in [0.2, 0.25) is 0 Å². The normalized spacial score (nSPS) is 13.3. The van der Waals surface area contributed by atoms with E-state index in [2.05, 4.69) is 41.7 Å². The monoisotopic (exact) mass is 309 g/mol. The van der Waals surface area contributed by atoms with Crippen molar-refractivity contribution in [2.45, 2.75) is 39.5 Å². The van der Waals surface area contributed by atoms with Crippen LogP contribution in [0.1, 0.15) is 36.1 Å². The molecule has 0 aliphatic heterocycles. The van der Waals surface area contributed by atoms with Crippen molar-refractivity contribution >= 4 is 11.6 Å². The average Bonchev–Trinajstić information content (AvgIpc) is 2.52. The molecule has 2 aromatic rings. The third kappa shape index (κ3) is 3.73. The summed E-state index contributed by atoms with van der Waals surface area (Å²) in [5, 5.41) is 2.98. The Morgan fingerprint density at radius 1 is 1.00 bits per heavy atom. The Hall–Kier alpha value is -2.29. The van der Waals surface area contributed by atoms with Crippen LogP contribution in [0.4, 0.5) is 5.69 Å². The second-order valence-corrected chi connectivity index (χ2v) is 6.05. The summed E-state index contributed by atoms with van der Waals surface area (Å²) in [6, 6.07) is 13.1. The molecular weight excluding hydrogens is 286 g/mol. The smallest absolute Gasteiger partial charge is 0.221 e. The maximum Gasteiger partial charge on any atom is 0.221 e. The molecule has 0 spiro atoms. The highest BCUT2D eigenvalue weighted by Gasteiger charge is 2.14. The number of rotatable bonds is 3. The number of aryl methyl sites for hydroxylation is 4. The number of amides is 1. The Bertz CT molecular complexity index is 704. The average molecular weight is 309 g/mol. The third-order valence-corrected chi connectivity index (χ3v) is 4.29. The SMILES string of the molecule is CCOc1cc2c(NC(C)=O)cc1CCc1ccc(cc1)CC2. The zero-order valence-electron chi connectivity index (χ0n) is 13.8. The topological polar surface area (TPSA) is 38.3 Å². The van der Waals surface area contributed by atoms with Crippen molar-refractivity contribution < 1.29 is 9.53 Å². The van der Waals surface area contributed by atoms with E-state index in [1.165, 1.54) is 11.1 Å². The Balaban J connectivity index is 2.04. The third-order valence-electron chi connectivity index (χ3n) is 4.29. The molecule has 0 radical (unpaired) electrons. The fraction of sp³-hybridized carbons (Fsp3) is 0.350. The van der Waals surface area contributed by atoms with Gasteiger partial charge in [0.25, 0.3) is 0 Å². The van der Waals surface area contributed by atoms with E-state index < -0.39 is 0 Å². The summed E-state index contributed by atoms with van der Waals surface area (Å²) >= 11 is 0. The highest BCUT2D eigenvalue weighted by Crippen LogP contribution is 2.30. The Kier molecular flexibility index (Phi) is 4.65. The highest BCUT2D eigenvalue weighted by atomic mass is 16.5. The van der Waals surface area contributed by atoms with E-state index in [4.69, 9.17) is 4.74 Å². The molecular formula is C20H23NO2. The molecule has 120 valence electrons. The fourth-order valence-corrected chi connectivity index (χ4v) is 3.10. The number of hydrogen-bond donors (Lipinski definition) is 1. The van der Waals surface area contributed by atoms with Gasteiger partial charge in [-0.05, 0) is 67.0 Å². The van der Waals surface area contributed by atoms with E-state index in [-0.39, 0.29) is 5.91 Å². The van der Waals surface area contributed by atoms with Crippen LogP contribution in [0.5, 0.6) is 5.75 Å². The predicted octanol–water partition coefficient (Wildman–Crippen LogP) is 3.93. The maximum atomic E-state index is 11.5. The molecule has 6 rings (SSSR count). The molecule has 3 nitrogen and oxygen atoms in total. The van der Waals surface area contributed by atoms with Gasteiger partial charge in [0, 0.05) is 12.6 Å². The first-order valence-corrected chi connectivity index (χ1v) is 8.29. The molecule has 0 saturated carbocycles. The fourth-order valence-electron chi connectivity index (χ4n) is 3.10. The van der Waals surface area contributed by atoms with Crippen molar-refractivity contribution in [1.29, 1.82) is 0 Å². The van der Waals surface area contributed by atoms with E-state index in [0.29, 0.717) is 6.61 Å². The van der Waals surface area contributed by atoms with Crippen molar-refractivity contribution in [2.24, 2.45) is 0 Å². The number of benzene rings is 2. The zero-order chi connectivity index (χ0) is 16.2. The van der Waals surface area contributed by atoms with Crippen LogP contribution in [0.25, 0.3) is 0 Å². The van der Waals surface area contributed by atoms with Crippen LogP contribution in [-0.2, 0) is 30.5 Å². The van der Waals surface area contributed by atoms with E-state index in [1.807, 2.05) is 6.92 Å². The summed E-state index contributed by atoms with van der Waals surface area (Å²) in [7, 11) is 0. The second-order valence-electron chi connectivity index (χ2n) is 6.05. The van der Waals surface area contributed by atoms with Gasteiger partial charge in [-0.25, -0.2) is 0 Å². The van der Waals surface area contributed by atoms with Gasteiger partial charge in [0.05, 0.1) is 6.61 Å². The first kappa shape index (κ1) is 15.6. The molecule has 0 unspecified atom stereocenters. The van der Waals surface area contributed by atoms with Crippen molar-refractivity contribution in [3.8, 4) is 5.75 Å². The lowest BCUT2D eigenvalue weighted by Gasteiger charge is -2.18. The lowest BCUT2D eigenvalue weighted by molar-refractivity contribution is -0.114. The summed E-state index contributed by atoms with van der Waals surface area (Å²) < 4.78 is 5.85. The summed E-state index contributed by atoms with van der Waals surface area (Å²) in [6.07, 6.45) is 3.72. The van der Waals surface area contributed by atoms with E-state index >= 15 is 0 Å². The first-order valence-electron chi connectivity index (χ1n) is 8.29. The number of ether oxygens (including phenoxy) is 1. The Morgan fingerprint density at radius 3 is 2.17 bits per heavy atom. The molecule has 0 saturated heterocycles. The minimum absolute atomic E-state index is 0.0307. The van der Waals surface area contributed by atoms with E-state index in [0.717, 1.165) is 48.2 Å². The molecule has 4 aliphatic carbocycles. The van der Waals surface area contributed by atoms with Crippen molar-refractivity contribution in [1.82, 2.24) is 0 Å². The van der Waals surface area contributed by atoms with Crippen molar-refractivity contribution in [2.75, 3.05) is 11.9 Å². The zero-order valence-corrected chi connectivity index (χ0v) is 13.8. The molecule has 0 heterocycles. The molecule has 3 heteroatoms. The van der Waals surface area contributed by atoms with E-state index in [9.17, 15) is 4.79 Å². The minimum atomic E-state index is -0.0307. The Morgan fingerprint density at radius 2 is 1.61 bits per heavy atom. The van der Waals surface area contributed by atoms with Crippen LogP contribution in [-0.4, -0.2) is 12.5 Å². The summed E-state index contributed by atoms with van der Waals surface area (Å²) in [6.45, 7) is 4.22. The number of anilines is 1. The first-order chi connectivity index (χ1) is 11.2. The van der Waals surface area contributed by atoms with Crippen molar-refractivity contribution in [3.05, 3.63) is 58.7 Å². The largest absolute Gasteiger partial charge is 0.494 e. The summed E-state index contributed by atoms with van der Waals surface area (Å²) in [5.41, 5.74) is 5.87. The molecule has 2 aromatic carbocycles. The van der Waals surface area contributed by atoms with E-state index in [1.54, 1.807) is 6.92 Å².